The predicted molar refractivity (Wildman–Crippen MR) is 210 cm³/mol. The summed E-state index contributed by atoms with van der Waals surface area (Å²) in [7, 11) is 0. The van der Waals surface area contributed by atoms with Crippen LogP contribution in [-0.2, 0) is 5.41 Å². The van der Waals surface area contributed by atoms with Gasteiger partial charge in [-0.1, -0.05) is 140 Å². The number of nitrogens with zero attached hydrogens (tertiary/aromatic N) is 1. The molecule has 1 unspecified atom stereocenters. The Kier molecular flexibility index (Phi) is 5.66. The Morgan fingerprint density at radius 2 is 0.860 bits per heavy atom. The van der Waals surface area contributed by atoms with Crippen LogP contribution in [0.5, 0.6) is 0 Å². The second-order valence-corrected chi connectivity index (χ2v) is 13.6. The largest absolute Gasteiger partial charge is 0.310 e. The fourth-order valence-corrected chi connectivity index (χ4v) is 9.27. The first-order valence-corrected chi connectivity index (χ1v) is 17.4. The van der Waals surface area contributed by atoms with Crippen LogP contribution in [0, 0.1) is 0 Å². The Labute approximate surface area is 291 Å². The smallest absolute Gasteiger partial charge is 0.0726 e. The van der Waals surface area contributed by atoms with Crippen molar-refractivity contribution in [2.45, 2.75) is 5.41 Å². The molecular formula is C49H31N. The van der Waals surface area contributed by atoms with Gasteiger partial charge in [0.05, 0.1) is 5.41 Å². The molecule has 0 N–H and O–H groups in total. The minimum absolute atomic E-state index is 0.447. The van der Waals surface area contributed by atoms with E-state index in [0.29, 0.717) is 0 Å². The first-order chi connectivity index (χ1) is 24.8. The van der Waals surface area contributed by atoms with Gasteiger partial charge < -0.3 is 4.90 Å². The first-order valence-electron chi connectivity index (χ1n) is 17.4. The van der Waals surface area contributed by atoms with E-state index in [4.69, 9.17) is 0 Å². The summed E-state index contributed by atoms with van der Waals surface area (Å²) in [5.41, 5.74) is 13.5. The molecular weight excluding hydrogens is 603 g/mol. The lowest BCUT2D eigenvalue weighted by molar-refractivity contribution is 0.797. The third-order valence-corrected chi connectivity index (χ3v) is 11.2. The van der Waals surface area contributed by atoms with Crippen LogP contribution in [0.15, 0.2) is 188 Å². The molecule has 11 rings (SSSR count). The number of benzene rings is 9. The molecule has 1 heteroatoms. The maximum absolute atomic E-state index is 2.51. The van der Waals surface area contributed by atoms with Crippen molar-refractivity contribution in [1.29, 1.82) is 0 Å². The average Bonchev–Trinajstić information content (AvgIpc) is 3.66. The van der Waals surface area contributed by atoms with Crippen molar-refractivity contribution in [3.63, 3.8) is 0 Å². The number of hydrogen-bond donors (Lipinski definition) is 0. The first kappa shape index (κ1) is 27.5. The molecule has 0 bridgehead atoms. The molecule has 0 aromatic heterocycles. The van der Waals surface area contributed by atoms with Gasteiger partial charge in [-0.3, -0.25) is 0 Å². The van der Waals surface area contributed by atoms with Gasteiger partial charge in [-0.2, -0.15) is 0 Å². The molecule has 0 fully saturated rings. The van der Waals surface area contributed by atoms with Crippen LogP contribution in [0.4, 0.5) is 17.1 Å². The zero-order valence-electron chi connectivity index (χ0n) is 27.3. The summed E-state index contributed by atoms with van der Waals surface area (Å²) in [5, 5.41) is 8.06. The second kappa shape index (κ2) is 10.3. The maximum atomic E-state index is 2.51. The zero-order valence-corrected chi connectivity index (χ0v) is 27.3. The van der Waals surface area contributed by atoms with Gasteiger partial charge in [0.1, 0.15) is 0 Å². The van der Waals surface area contributed by atoms with Crippen LogP contribution in [0.3, 0.4) is 0 Å². The fraction of sp³-hybridized carbons (Fsp3) is 0.0204. The zero-order chi connectivity index (χ0) is 32.8. The molecule has 1 spiro atoms. The van der Waals surface area contributed by atoms with Crippen molar-refractivity contribution in [3.05, 3.63) is 210 Å². The normalized spacial score (nSPS) is 15.3. The number of anilines is 3. The summed E-state index contributed by atoms with van der Waals surface area (Å²) in [6.45, 7) is 0. The molecule has 2 aliphatic rings. The van der Waals surface area contributed by atoms with Gasteiger partial charge in [0.2, 0.25) is 0 Å². The van der Waals surface area contributed by atoms with Crippen LogP contribution in [0.2, 0.25) is 0 Å². The highest BCUT2D eigenvalue weighted by molar-refractivity contribution is 6.30. The Balaban J connectivity index is 1.26. The lowest BCUT2D eigenvalue weighted by atomic mass is 9.69. The van der Waals surface area contributed by atoms with Crippen molar-refractivity contribution < 1.29 is 0 Å². The number of para-hydroxylation sites is 2. The van der Waals surface area contributed by atoms with E-state index in [1.807, 2.05) is 0 Å². The van der Waals surface area contributed by atoms with Crippen molar-refractivity contribution in [2.75, 3.05) is 4.90 Å². The highest BCUT2D eigenvalue weighted by Crippen LogP contribution is 2.64. The Hall–Kier alpha value is -6.44. The van der Waals surface area contributed by atoms with E-state index in [2.05, 4.69) is 193 Å². The van der Waals surface area contributed by atoms with E-state index in [0.717, 1.165) is 17.1 Å². The molecule has 0 saturated heterocycles. The molecule has 0 heterocycles. The molecule has 9 aromatic rings. The van der Waals surface area contributed by atoms with Crippen molar-refractivity contribution in [3.8, 4) is 22.3 Å². The topological polar surface area (TPSA) is 3.24 Å². The van der Waals surface area contributed by atoms with Crippen molar-refractivity contribution in [2.24, 2.45) is 0 Å². The maximum Gasteiger partial charge on any atom is 0.0726 e. The van der Waals surface area contributed by atoms with Crippen LogP contribution in [0.25, 0.3) is 54.6 Å². The number of hydrogen-bond acceptors (Lipinski definition) is 1. The highest BCUT2D eigenvalue weighted by Gasteiger charge is 2.51. The summed E-state index contributed by atoms with van der Waals surface area (Å²) in [6, 6.07) is 69.6. The Morgan fingerprint density at radius 1 is 0.300 bits per heavy atom. The third kappa shape index (κ3) is 3.56. The molecule has 9 aromatic carbocycles. The minimum Gasteiger partial charge on any atom is -0.310 e. The molecule has 1 atom stereocenters. The predicted octanol–water partition coefficient (Wildman–Crippen LogP) is 13.0. The van der Waals surface area contributed by atoms with Crippen LogP contribution >= 0.6 is 0 Å². The van der Waals surface area contributed by atoms with E-state index < -0.39 is 5.41 Å². The molecule has 1 nitrogen and oxygen atoms in total. The van der Waals surface area contributed by atoms with E-state index in [1.165, 1.54) is 76.8 Å². The lowest BCUT2D eigenvalue weighted by Gasteiger charge is -2.32. The van der Waals surface area contributed by atoms with Crippen LogP contribution in [-0.4, -0.2) is 0 Å². The monoisotopic (exact) mass is 633 g/mol. The highest BCUT2D eigenvalue weighted by atomic mass is 15.1. The molecule has 0 amide bonds. The van der Waals surface area contributed by atoms with Crippen LogP contribution in [0.1, 0.15) is 22.3 Å². The summed E-state index contributed by atoms with van der Waals surface area (Å²) in [6.07, 6.45) is 0. The SMILES string of the molecule is c1ccc(-c2cc3c4c(c2)c2ccccc2c2cccc(c24)C32c3ccccc3-c3cc(N(c4ccccc4)c4ccccc4)ccc32)cc1. The van der Waals surface area contributed by atoms with E-state index in [-0.39, 0.29) is 0 Å². The fourth-order valence-electron chi connectivity index (χ4n) is 9.27. The van der Waals surface area contributed by atoms with Gasteiger partial charge in [0.25, 0.3) is 0 Å². The van der Waals surface area contributed by atoms with Gasteiger partial charge in [-0.25, -0.2) is 0 Å². The van der Waals surface area contributed by atoms with Gasteiger partial charge in [-0.05, 0) is 125 Å². The van der Waals surface area contributed by atoms with Gasteiger partial charge in [0, 0.05) is 17.1 Å². The van der Waals surface area contributed by atoms with Gasteiger partial charge in [0.15, 0.2) is 0 Å². The van der Waals surface area contributed by atoms with Crippen molar-refractivity contribution >= 4 is 49.4 Å². The molecule has 2 aliphatic carbocycles. The molecule has 232 valence electrons. The molecule has 0 saturated carbocycles. The van der Waals surface area contributed by atoms with Gasteiger partial charge in [-0.15, -0.1) is 0 Å². The number of rotatable bonds is 4. The van der Waals surface area contributed by atoms with E-state index >= 15 is 0 Å². The van der Waals surface area contributed by atoms with Crippen LogP contribution < -0.4 is 4.90 Å². The summed E-state index contributed by atoms with van der Waals surface area (Å²) >= 11 is 0. The van der Waals surface area contributed by atoms with Crippen molar-refractivity contribution in [1.82, 2.24) is 0 Å². The minimum atomic E-state index is -0.447. The second-order valence-electron chi connectivity index (χ2n) is 13.6. The van der Waals surface area contributed by atoms with E-state index in [9.17, 15) is 0 Å². The quantitative estimate of drug-likeness (QED) is 0.174. The average molecular weight is 634 g/mol. The summed E-state index contributed by atoms with van der Waals surface area (Å²) < 4.78 is 0. The summed E-state index contributed by atoms with van der Waals surface area (Å²) in [4.78, 5) is 2.37. The van der Waals surface area contributed by atoms with Gasteiger partial charge >= 0.3 is 0 Å². The Bertz CT molecular complexity index is 2760. The molecule has 0 radical (unpaired) electrons. The van der Waals surface area contributed by atoms with E-state index in [1.54, 1.807) is 0 Å². The Morgan fingerprint density at radius 3 is 1.60 bits per heavy atom. The summed E-state index contributed by atoms with van der Waals surface area (Å²) in [5.74, 6) is 0. The standard InChI is InChI=1S/C49H31N/c1-4-15-32(16-5-1)33-29-42-38-22-11-10-21-37(38)40-24-14-26-45-47(40)48(42)46(30-33)49(45)43-25-13-12-23-39(43)41-31-36(27-28-44(41)49)50(34-17-6-2-7-18-34)35-19-8-3-9-20-35/h1-31H. The lowest BCUT2D eigenvalue weighted by Crippen LogP contribution is -2.26. The third-order valence-electron chi connectivity index (χ3n) is 11.2. The molecule has 50 heavy (non-hydrogen) atoms. The number of fused-ring (bicyclic) bond motifs is 10. The molecule has 0 aliphatic heterocycles.